The lowest BCUT2D eigenvalue weighted by molar-refractivity contribution is -0.142. The Bertz CT molecular complexity index is 196. The largest absolute Gasteiger partial charge is 0.480 e. The quantitative estimate of drug-likeness (QED) is 0.306. The third-order valence-electron chi connectivity index (χ3n) is 1.38. The molecule has 0 aromatic heterocycles. The van der Waals surface area contributed by atoms with Crippen LogP contribution in [0.4, 0.5) is 0 Å². The molecular formula is C6H13N3O4. The summed E-state index contributed by atoms with van der Waals surface area (Å²) >= 11 is 0. The fourth-order valence-electron chi connectivity index (χ4n) is 0.509. The van der Waals surface area contributed by atoms with Gasteiger partial charge >= 0.3 is 11.9 Å². The summed E-state index contributed by atoms with van der Waals surface area (Å²) in [7, 11) is 0. The number of nitrogens with two attached hydrogens (primary N) is 1. The van der Waals surface area contributed by atoms with Crippen LogP contribution >= 0.6 is 0 Å². The second-order valence-electron chi connectivity index (χ2n) is 2.48. The summed E-state index contributed by atoms with van der Waals surface area (Å²) in [5.74, 6) is -2.21. The number of carboxylic acid groups (broad SMARTS) is 2. The zero-order valence-electron chi connectivity index (χ0n) is 7.15. The van der Waals surface area contributed by atoms with Gasteiger partial charge in [-0.3, -0.25) is 9.59 Å². The van der Waals surface area contributed by atoms with Gasteiger partial charge in [0.2, 0.25) is 0 Å². The van der Waals surface area contributed by atoms with Crippen LogP contribution in [0.1, 0.15) is 6.92 Å². The highest BCUT2D eigenvalue weighted by Crippen LogP contribution is 1.81. The number of rotatable bonds is 6. The van der Waals surface area contributed by atoms with Crippen molar-refractivity contribution < 1.29 is 19.8 Å². The molecule has 0 aromatic carbocycles. The lowest BCUT2D eigenvalue weighted by Crippen LogP contribution is -2.54. The van der Waals surface area contributed by atoms with E-state index in [0.717, 1.165) is 0 Å². The Morgan fingerprint density at radius 1 is 1.31 bits per heavy atom. The molecular weight excluding hydrogens is 178 g/mol. The summed E-state index contributed by atoms with van der Waals surface area (Å²) in [6, 6.07) is -1.85. The lowest BCUT2D eigenvalue weighted by atomic mass is 10.3. The maximum absolute atomic E-state index is 10.4. The second kappa shape index (κ2) is 5.46. The number of hydrogen-bond donors (Lipinski definition) is 5. The maximum Gasteiger partial charge on any atom is 0.323 e. The summed E-state index contributed by atoms with van der Waals surface area (Å²) in [5.41, 5.74) is 9.70. The summed E-state index contributed by atoms with van der Waals surface area (Å²) in [6.45, 7) is 1.26. The smallest absolute Gasteiger partial charge is 0.323 e. The monoisotopic (exact) mass is 191 g/mol. The Balaban J connectivity index is 3.85. The molecule has 0 radical (unpaired) electrons. The van der Waals surface area contributed by atoms with E-state index in [1.807, 2.05) is 0 Å². The van der Waals surface area contributed by atoms with Crippen molar-refractivity contribution in [2.45, 2.75) is 19.0 Å². The van der Waals surface area contributed by atoms with E-state index in [0.29, 0.717) is 0 Å². The topological polar surface area (TPSA) is 125 Å². The van der Waals surface area contributed by atoms with E-state index in [2.05, 4.69) is 10.9 Å². The van der Waals surface area contributed by atoms with Crippen LogP contribution in [0.3, 0.4) is 0 Å². The van der Waals surface area contributed by atoms with Gasteiger partial charge in [-0.05, 0) is 6.92 Å². The summed E-state index contributed by atoms with van der Waals surface area (Å²) in [6.07, 6.45) is 0. The first kappa shape index (κ1) is 11.8. The fraction of sp³-hybridized carbons (Fsp3) is 0.667. The first-order valence-corrected chi connectivity index (χ1v) is 3.65. The van der Waals surface area contributed by atoms with Crippen molar-refractivity contribution in [3.05, 3.63) is 0 Å². The average molecular weight is 191 g/mol. The Morgan fingerprint density at radius 3 is 2.15 bits per heavy atom. The van der Waals surface area contributed by atoms with Crippen molar-refractivity contribution in [2.75, 3.05) is 6.54 Å². The number of carboxylic acids is 2. The van der Waals surface area contributed by atoms with Crippen LogP contribution in [0, 0.1) is 0 Å². The standard InChI is InChI=1S/C6H13N3O4/c1-3(5(10)11)8-9-4(2-7)6(12)13/h3-4,8-9H,2,7H2,1H3,(H,10,11)(H,12,13)/t3-,4-/m0/s1. The minimum atomic E-state index is -1.13. The van der Waals surface area contributed by atoms with Crippen molar-refractivity contribution in [1.29, 1.82) is 0 Å². The van der Waals surface area contributed by atoms with E-state index < -0.39 is 24.0 Å². The molecule has 0 fully saturated rings. The molecule has 0 aliphatic carbocycles. The Hall–Kier alpha value is -1.18. The van der Waals surface area contributed by atoms with Gasteiger partial charge in [-0.15, -0.1) is 0 Å². The molecule has 2 atom stereocenters. The third kappa shape index (κ3) is 4.41. The first-order chi connectivity index (χ1) is 5.99. The maximum atomic E-state index is 10.4. The highest BCUT2D eigenvalue weighted by molar-refractivity contribution is 5.74. The molecule has 76 valence electrons. The molecule has 0 saturated heterocycles. The average Bonchev–Trinajstić information content (AvgIpc) is 2.04. The Kier molecular flexibility index (Phi) is 4.97. The molecule has 13 heavy (non-hydrogen) atoms. The normalized spacial score (nSPS) is 14.9. The zero-order valence-corrected chi connectivity index (χ0v) is 7.15. The SMILES string of the molecule is C[C@H](NN[C@@H](CN)C(=O)O)C(=O)O. The van der Waals surface area contributed by atoms with Gasteiger partial charge in [-0.1, -0.05) is 0 Å². The predicted octanol–water partition coefficient (Wildman–Crippen LogP) is -2.03. The molecule has 0 saturated carbocycles. The van der Waals surface area contributed by atoms with Gasteiger partial charge in [-0.25, -0.2) is 10.9 Å². The van der Waals surface area contributed by atoms with E-state index >= 15 is 0 Å². The second-order valence-corrected chi connectivity index (χ2v) is 2.48. The fourth-order valence-corrected chi connectivity index (χ4v) is 0.509. The lowest BCUT2D eigenvalue weighted by Gasteiger charge is -2.15. The minimum absolute atomic E-state index is 0.116. The molecule has 0 unspecified atom stereocenters. The minimum Gasteiger partial charge on any atom is -0.480 e. The first-order valence-electron chi connectivity index (χ1n) is 3.65. The molecule has 0 aliphatic heterocycles. The van der Waals surface area contributed by atoms with E-state index in [1.54, 1.807) is 0 Å². The van der Waals surface area contributed by atoms with Gasteiger partial charge < -0.3 is 15.9 Å². The molecule has 7 heteroatoms. The van der Waals surface area contributed by atoms with Crippen LogP contribution in [0.25, 0.3) is 0 Å². The molecule has 0 spiro atoms. The van der Waals surface area contributed by atoms with Crippen molar-refractivity contribution >= 4 is 11.9 Å². The number of nitrogens with one attached hydrogen (secondary N) is 2. The van der Waals surface area contributed by atoms with E-state index in [-0.39, 0.29) is 6.54 Å². The van der Waals surface area contributed by atoms with Gasteiger partial charge in [0.15, 0.2) is 0 Å². The summed E-state index contributed by atoms with van der Waals surface area (Å²) < 4.78 is 0. The van der Waals surface area contributed by atoms with Gasteiger partial charge in [0, 0.05) is 6.54 Å². The number of hydrogen-bond acceptors (Lipinski definition) is 5. The molecule has 6 N–H and O–H groups in total. The summed E-state index contributed by atoms with van der Waals surface area (Å²) in [5, 5.41) is 16.9. The molecule has 0 aliphatic rings. The Morgan fingerprint density at radius 2 is 1.85 bits per heavy atom. The van der Waals surface area contributed by atoms with Crippen LogP contribution in [-0.2, 0) is 9.59 Å². The van der Waals surface area contributed by atoms with Crippen LogP contribution in [0.2, 0.25) is 0 Å². The highest BCUT2D eigenvalue weighted by Gasteiger charge is 2.17. The molecule has 0 aromatic rings. The van der Waals surface area contributed by atoms with Gasteiger partial charge in [-0.2, -0.15) is 0 Å². The van der Waals surface area contributed by atoms with Crippen molar-refractivity contribution in [1.82, 2.24) is 10.9 Å². The van der Waals surface area contributed by atoms with Crippen molar-refractivity contribution in [3.8, 4) is 0 Å². The number of carbonyl (C=O) groups is 2. The summed E-state index contributed by atoms with van der Waals surface area (Å²) in [4.78, 5) is 20.7. The molecule has 0 amide bonds. The van der Waals surface area contributed by atoms with Crippen LogP contribution in [0.15, 0.2) is 0 Å². The van der Waals surface area contributed by atoms with E-state index in [4.69, 9.17) is 15.9 Å². The van der Waals surface area contributed by atoms with Crippen LogP contribution < -0.4 is 16.6 Å². The van der Waals surface area contributed by atoms with Crippen molar-refractivity contribution in [3.63, 3.8) is 0 Å². The van der Waals surface area contributed by atoms with Gasteiger partial charge in [0.05, 0.1) is 0 Å². The molecule has 7 nitrogen and oxygen atoms in total. The molecule has 0 heterocycles. The van der Waals surface area contributed by atoms with E-state index in [1.165, 1.54) is 6.92 Å². The van der Waals surface area contributed by atoms with Gasteiger partial charge in [0.1, 0.15) is 12.1 Å². The molecule has 0 bridgehead atoms. The van der Waals surface area contributed by atoms with E-state index in [9.17, 15) is 9.59 Å². The third-order valence-corrected chi connectivity index (χ3v) is 1.38. The van der Waals surface area contributed by atoms with Crippen LogP contribution in [0.5, 0.6) is 0 Å². The number of aliphatic carboxylic acids is 2. The van der Waals surface area contributed by atoms with Crippen molar-refractivity contribution in [2.24, 2.45) is 5.73 Å². The van der Waals surface area contributed by atoms with Gasteiger partial charge in [0.25, 0.3) is 0 Å². The zero-order chi connectivity index (χ0) is 10.4. The Labute approximate surface area is 74.9 Å². The molecule has 0 rings (SSSR count). The highest BCUT2D eigenvalue weighted by atomic mass is 16.4. The predicted molar refractivity (Wildman–Crippen MR) is 43.8 cm³/mol. The number of hydrazine groups is 1. The van der Waals surface area contributed by atoms with Crippen LogP contribution in [-0.4, -0.2) is 40.8 Å².